The minimum absolute atomic E-state index is 0.489. The number of hydrogen-bond acceptors (Lipinski definition) is 3. The molecule has 1 aromatic heterocycles. The summed E-state index contributed by atoms with van der Waals surface area (Å²) in [5.41, 5.74) is 0.688. The number of pyridine rings is 1. The largest absolute Gasteiger partial charge is 0.386 e. The Hall–Kier alpha value is -0.610. The molecule has 88 valence electrons. The van der Waals surface area contributed by atoms with E-state index in [-0.39, 0.29) is 0 Å². The minimum atomic E-state index is -0.489. The molecule has 2 heterocycles. The number of hydrogen-bond donors (Lipinski definition) is 1. The molecule has 0 atom stereocenters. The maximum Gasteiger partial charge on any atom is 0.129 e. The van der Waals surface area contributed by atoms with Gasteiger partial charge in [-0.1, -0.05) is 13.3 Å². The third-order valence-corrected chi connectivity index (χ3v) is 3.87. The molecule has 0 bridgehead atoms. The topological polar surface area (TPSA) is 36.4 Å². The molecule has 0 amide bonds. The second-order valence-corrected chi connectivity index (χ2v) is 5.48. The molecule has 0 aliphatic carbocycles. The summed E-state index contributed by atoms with van der Waals surface area (Å²) < 4.78 is 1.03. The predicted octanol–water partition coefficient (Wildman–Crippen LogP) is 2.50. The van der Waals surface area contributed by atoms with E-state index in [1.165, 1.54) is 5.56 Å². The third-order valence-electron chi connectivity index (χ3n) is 3.04. The number of anilines is 1. The Morgan fingerprint density at radius 2 is 2.25 bits per heavy atom. The van der Waals surface area contributed by atoms with Crippen LogP contribution in [0.25, 0.3) is 0 Å². The summed E-state index contributed by atoms with van der Waals surface area (Å²) >= 11 is 3.44. The third kappa shape index (κ3) is 2.23. The van der Waals surface area contributed by atoms with Crippen LogP contribution in [0, 0.1) is 6.92 Å². The lowest BCUT2D eigenvalue weighted by molar-refractivity contribution is 0.00294. The highest BCUT2D eigenvalue weighted by Gasteiger charge is 2.40. The fourth-order valence-electron chi connectivity index (χ4n) is 2.15. The summed E-state index contributed by atoms with van der Waals surface area (Å²) in [7, 11) is 0. The van der Waals surface area contributed by atoms with Crippen molar-refractivity contribution in [2.45, 2.75) is 32.3 Å². The van der Waals surface area contributed by atoms with Gasteiger partial charge in [0.2, 0.25) is 0 Å². The summed E-state index contributed by atoms with van der Waals surface area (Å²) in [6.45, 7) is 5.56. The van der Waals surface area contributed by atoms with Gasteiger partial charge in [-0.25, -0.2) is 4.98 Å². The van der Waals surface area contributed by atoms with Gasteiger partial charge >= 0.3 is 0 Å². The molecule has 1 fully saturated rings. The van der Waals surface area contributed by atoms with E-state index in [4.69, 9.17) is 0 Å². The summed E-state index contributed by atoms with van der Waals surface area (Å²) in [5, 5.41) is 10.1. The van der Waals surface area contributed by atoms with Crippen molar-refractivity contribution >= 4 is 21.7 Å². The van der Waals surface area contributed by atoms with Gasteiger partial charge in [-0.2, -0.15) is 0 Å². The number of halogens is 1. The van der Waals surface area contributed by atoms with Gasteiger partial charge in [0, 0.05) is 23.8 Å². The Morgan fingerprint density at radius 1 is 1.56 bits per heavy atom. The van der Waals surface area contributed by atoms with Gasteiger partial charge in [0.1, 0.15) is 5.82 Å². The molecule has 0 radical (unpaired) electrons. The molecule has 16 heavy (non-hydrogen) atoms. The van der Waals surface area contributed by atoms with Crippen LogP contribution in [0.2, 0.25) is 0 Å². The first-order valence-corrected chi connectivity index (χ1v) is 6.43. The minimum Gasteiger partial charge on any atom is -0.386 e. The normalized spacial score (nSPS) is 18.4. The van der Waals surface area contributed by atoms with E-state index in [9.17, 15) is 5.11 Å². The number of β-amino-alcohol motifs (C(OH)–C–C–N with tert-alkyl or cyclic N) is 1. The van der Waals surface area contributed by atoms with Crippen LogP contribution in [-0.2, 0) is 0 Å². The van der Waals surface area contributed by atoms with E-state index in [0.29, 0.717) is 13.1 Å². The van der Waals surface area contributed by atoms with Gasteiger partial charge in [-0.3, -0.25) is 0 Å². The van der Waals surface area contributed by atoms with Gasteiger partial charge in [-0.15, -0.1) is 0 Å². The van der Waals surface area contributed by atoms with Crippen molar-refractivity contribution < 1.29 is 5.11 Å². The van der Waals surface area contributed by atoms with E-state index in [0.717, 1.165) is 23.1 Å². The SMILES string of the molecule is CCCC1(O)CN(c2cc(C)c(Br)cn2)C1. The van der Waals surface area contributed by atoms with Crippen LogP contribution < -0.4 is 4.90 Å². The lowest BCUT2D eigenvalue weighted by atomic mass is 9.89. The molecule has 1 saturated heterocycles. The van der Waals surface area contributed by atoms with Crippen LogP contribution in [-0.4, -0.2) is 28.8 Å². The summed E-state index contributed by atoms with van der Waals surface area (Å²) in [6, 6.07) is 2.05. The van der Waals surface area contributed by atoms with E-state index in [1.54, 1.807) is 0 Å². The first-order chi connectivity index (χ1) is 7.54. The number of aryl methyl sites for hydroxylation is 1. The Balaban J connectivity index is 2.04. The van der Waals surface area contributed by atoms with E-state index < -0.39 is 5.60 Å². The van der Waals surface area contributed by atoms with Crippen molar-refractivity contribution in [2.75, 3.05) is 18.0 Å². The molecule has 0 unspecified atom stereocenters. The highest BCUT2D eigenvalue weighted by Crippen LogP contribution is 2.31. The average molecular weight is 285 g/mol. The monoisotopic (exact) mass is 284 g/mol. The van der Waals surface area contributed by atoms with Crippen LogP contribution in [0.4, 0.5) is 5.82 Å². The lowest BCUT2D eigenvalue weighted by Crippen LogP contribution is -2.62. The molecule has 4 heteroatoms. The first-order valence-electron chi connectivity index (χ1n) is 5.63. The van der Waals surface area contributed by atoms with E-state index in [1.807, 2.05) is 13.1 Å². The molecule has 0 aromatic carbocycles. The van der Waals surface area contributed by atoms with Gasteiger partial charge in [0.05, 0.1) is 5.60 Å². The van der Waals surface area contributed by atoms with Crippen molar-refractivity contribution in [3.8, 4) is 0 Å². The van der Waals surface area contributed by atoms with Crippen molar-refractivity contribution in [1.29, 1.82) is 0 Å². The summed E-state index contributed by atoms with van der Waals surface area (Å²) in [4.78, 5) is 6.47. The Labute approximate surface area is 105 Å². The van der Waals surface area contributed by atoms with Gasteiger partial charge < -0.3 is 10.0 Å². The molecule has 0 spiro atoms. The van der Waals surface area contributed by atoms with Crippen LogP contribution in [0.1, 0.15) is 25.3 Å². The fourth-order valence-corrected chi connectivity index (χ4v) is 2.36. The molecule has 1 aliphatic rings. The zero-order chi connectivity index (χ0) is 11.8. The number of rotatable bonds is 3. The van der Waals surface area contributed by atoms with Crippen molar-refractivity contribution in [1.82, 2.24) is 4.98 Å². The van der Waals surface area contributed by atoms with Gasteiger partial charge in [0.15, 0.2) is 0 Å². The Kier molecular flexibility index (Phi) is 3.22. The number of aliphatic hydroxyl groups is 1. The lowest BCUT2D eigenvalue weighted by Gasteiger charge is -2.47. The fraction of sp³-hybridized carbons (Fsp3) is 0.583. The van der Waals surface area contributed by atoms with Crippen LogP contribution in [0.5, 0.6) is 0 Å². The highest BCUT2D eigenvalue weighted by atomic mass is 79.9. The first kappa shape index (κ1) is 11.9. The summed E-state index contributed by atoms with van der Waals surface area (Å²) in [6.07, 6.45) is 3.72. The van der Waals surface area contributed by atoms with Crippen LogP contribution in [0.15, 0.2) is 16.7 Å². The van der Waals surface area contributed by atoms with E-state index >= 15 is 0 Å². The molecular formula is C12H17BrN2O. The van der Waals surface area contributed by atoms with Crippen LogP contribution in [0.3, 0.4) is 0 Å². The maximum absolute atomic E-state index is 10.1. The quantitative estimate of drug-likeness (QED) is 0.927. The molecule has 1 N–H and O–H groups in total. The average Bonchev–Trinajstić information content (AvgIpc) is 2.19. The zero-order valence-electron chi connectivity index (χ0n) is 9.70. The zero-order valence-corrected chi connectivity index (χ0v) is 11.3. The highest BCUT2D eigenvalue weighted by molar-refractivity contribution is 9.10. The molecule has 3 nitrogen and oxygen atoms in total. The maximum atomic E-state index is 10.1. The second kappa shape index (κ2) is 4.34. The molecule has 0 saturated carbocycles. The Bertz CT molecular complexity index is 389. The molecule has 1 aliphatic heterocycles. The van der Waals surface area contributed by atoms with Crippen molar-refractivity contribution in [2.24, 2.45) is 0 Å². The molecular weight excluding hydrogens is 268 g/mol. The standard InChI is InChI=1S/C12H17BrN2O/c1-3-4-12(16)7-15(8-12)11-5-9(2)10(13)6-14-11/h5-6,16H,3-4,7-8H2,1-2H3. The Morgan fingerprint density at radius 3 is 2.81 bits per heavy atom. The molecule has 2 rings (SSSR count). The second-order valence-electron chi connectivity index (χ2n) is 4.62. The van der Waals surface area contributed by atoms with Crippen LogP contribution >= 0.6 is 15.9 Å². The number of aromatic nitrogens is 1. The van der Waals surface area contributed by atoms with Gasteiger partial charge in [0.25, 0.3) is 0 Å². The molecule has 1 aromatic rings. The van der Waals surface area contributed by atoms with Crippen molar-refractivity contribution in [3.63, 3.8) is 0 Å². The number of nitrogens with zero attached hydrogens (tertiary/aromatic N) is 2. The predicted molar refractivity (Wildman–Crippen MR) is 68.7 cm³/mol. The summed E-state index contributed by atoms with van der Waals surface area (Å²) in [5.74, 6) is 0.960. The van der Waals surface area contributed by atoms with Gasteiger partial charge in [-0.05, 0) is 40.9 Å². The van der Waals surface area contributed by atoms with E-state index in [2.05, 4.69) is 38.8 Å². The smallest absolute Gasteiger partial charge is 0.129 e. The van der Waals surface area contributed by atoms with Crippen molar-refractivity contribution in [3.05, 3.63) is 22.3 Å².